The summed E-state index contributed by atoms with van der Waals surface area (Å²) in [5.74, 6) is -0.647. The number of benzene rings is 1. The molecule has 0 bridgehead atoms. The fourth-order valence-corrected chi connectivity index (χ4v) is 3.18. The molecule has 0 spiro atoms. The first-order valence-corrected chi connectivity index (χ1v) is 8.05. The Labute approximate surface area is 127 Å². The number of aromatic nitrogens is 3. The second-order valence-electron chi connectivity index (χ2n) is 4.64. The van der Waals surface area contributed by atoms with Crippen molar-refractivity contribution in [3.8, 4) is 0 Å². The second-order valence-corrected chi connectivity index (χ2v) is 6.37. The van der Waals surface area contributed by atoms with Gasteiger partial charge in [0.25, 0.3) is 0 Å². The molecule has 0 amide bonds. The third-order valence-electron chi connectivity index (χ3n) is 2.92. The Bertz CT molecular complexity index is 770. The first kappa shape index (κ1) is 16.1. The molecule has 2 N–H and O–H groups in total. The molecular formula is C13H16N4O4S. The molecule has 2 aromatic rings. The van der Waals surface area contributed by atoms with E-state index < -0.39 is 16.0 Å². The second kappa shape index (κ2) is 6.67. The Kier molecular flexibility index (Phi) is 4.88. The molecule has 0 aliphatic carbocycles. The van der Waals surface area contributed by atoms with Gasteiger partial charge < -0.3 is 5.11 Å². The summed E-state index contributed by atoms with van der Waals surface area (Å²) in [6, 6.07) is 5.49. The lowest BCUT2D eigenvalue weighted by Crippen LogP contribution is -2.26. The fourth-order valence-electron chi connectivity index (χ4n) is 1.91. The summed E-state index contributed by atoms with van der Waals surface area (Å²) >= 11 is 0. The number of aromatic carboxylic acids is 1. The number of hydrogen-bond acceptors (Lipinski definition) is 5. The van der Waals surface area contributed by atoms with Crippen molar-refractivity contribution >= 4 is 16.0 Å². The Hall–Kier alpha value is -2.26. The van der Waals surface area contributed by atoms with E-state index in [0.717, 1.165) is 0 Å². The summed E-state index contributed by atoms with van der Waals surface area (Å²) in [5.41, 5.74) is -0.249. The quantitative estimate of drug-likeness (QED) is 0.714. The molecular weight excluding hydrogens is 308 g/mol. The van der Waals surface area contributed by atoms with E-state index in [9.17, 15) is 13.2 Å². The standard InChI is InChI=1S/C13H16N4O4S/c1-17-9-14-12(16-17)7-4-8-15-22(20,21)11-6-3-2-5-10(11)13(18)19/h2-3,5-6,9,15H,4,7-8H2,1H3,(H,18,19). The number of carboxylic acid groups (broad SMARTS) is 1. The van der Waals surface area contributed by atoms with Gasteiger partial charge in [0.15, 0.2) is 5.82 Å². The minimum absolute atomic E-state index is 0.175. The van der Waals surface area contributed by atoms with Crippen LogP contribution >= 0.6 is 0 Å². The minimum Gasteiger partial charge on any atom is -0.478 e. The smallest absolute Gasteiger partial charge is 0.337 e. The van der Waals surface area contributed by atoms with Crippen molar-refractivity contribution in [1.82, 2.24) is 19.5 Å². The number of carbonyl (C=O) groups is 1. The molecule has 0 unspecified atom stereocenters. The summed E-state index contributed by atoms with van der Waals surface area (Å²) in [6.45, 7) is 0.175. The molecule has 0 radical (unpaired) electrons. The molecule has 0 aliphatic rings. The monoisotopic (exact) mass is 324 g/mol. The van der Waals surface area contributed by atoms with Crippen LogP contribution in [-0.2, 0) is 23.5 Å². The molecule has 0 atom stereocenters. The van der Waals surface area contributed by atoms with Crippen LogP contribution in [0.5, 0.6) is 0 Å². The maximum absolute atomic E-state index is 12.2. The van der Waals surface area contributed by atoms with Gasteiger partial charge in [0.2, 0.25) is 10.0 Å². The van der Waals surface area contributed by atoms with Gasteiger partial charge >= 0.3 is 5.97 Å². The van der Waals surface area contributed by atoms with E-state index in [1.54, 1.807) is 18.1 Å². The molecule has 1 aromatic carbocycles. The number of aryl methyl sites for hydroxylation is 2. The van der Waals surface area contributed by atoms with Gasteiger partial charge in [-0.1, -0.05) is 12.1 Å². The van der Waals surface area contributed by atoms with Crippen LogP contribution in [0.3, 0.4) is 0 Å². The van der Waals surface area contributed by atoms with Crippen molar-refractivity contribution in [2.45, 2.75) is 17.7 Å². The van der Waals surface area contributed by atoms with Gasteiger partial charge in [-0.2, -0.15) is 5.10 Å². The lowest BCUT2D eigenvalue weighted by Gasteiger charge is -2.08. The van der Waals surface area contributed by atoms with Crippen molar-refractivity contribution < 1.29 is 18.3 Å². The Morgan fingerprint density at radius 3 is 2.73 bits per heavy atom. The highest BCUT2D eigenvalue weighted by Crippen LogP contribution is 2.15. The van der Waals surface area contributed by atoms with E-state index in [0.29, 0.717) is 18.7 Å². The zero-order valence-electron chi connectivity index (χ0n) is 11.9. The van der Waals surface area contributed by atoms with Gasteiger partial charge in [0.1, 0.15) is 6.33 Å². The predicted molar refractivity (Wildman–Crippen MR) is 77.9 cm³/mol. The van der Waals surface area contributed by atoms with Crippen LogP contribution in [-0.4, -0.2) is 40.8 Å². The number of carboxylic acids is 1. The Morgan fingerprint density at radius 1 is 1.36 bits per heavy atom. The summed E-state index contributed by atoms with van der Waals surface area (Å²) < 4.78 is 28.3. The highest BCUT2D eigenvalue weighted by atomic mass is 32.2. The molecule has 2 rings (SSSR count). The first-order valence-electron chi connectivity index (χ1n) is 6.56. The molecule has 0 saturated carbocycles. The van der Waals surface area contributed by atoms with Gasteiger partial charge in [-0.3, -0.25) is 4.68 Å². The lowest BCUT2D eigenvalue weighted by molar-refractivity contribution is 0.0692. The SMILES string of the molecule is Cn1cnc(CCCNS(=O)(=O)c2ccccc2C(=O)O)n1. The molecule has 118 valence electrons. The van der Waals surface area contributed by atoms with Crippen molar-refractivity contribution in [3.05, 3.63) is 42.0 Å². The average molecular weight is 324 g/mol. The summed E-state index contributed by atoms with van der Waals surface area (Å²) in [7, 11) is -2.11. The summed E-state index contributed by atoms with van der Waals surface area (Å²) in [6.07, 6.45) is 2.62. The van der Waals surface area contributed by atoms with E-state index in [-0.39, 0.29) is 17.0 Å². The van der Waals surface area contributed by atoms with Gasteiger partial charge in [0.05, 0.1) is 10.5 Å². The average Bonchev–Trinajstić information content (AvgIpc) is 2.89. The van der Waals surface area contributed by atoms with Crippen molar-refractivity contribution in [2.24, 2.45) is 7.05 Å². The van der Waals surface area contributed by atoms with Crippen molar-refractivity contribution in [3.63, 3.8) is 0 Å². The highest BCUT2D eigenvalue weighted by Gasteiger charge is 2.21. The van der Waals surface area contributed by atoms with Crippen molar-refractivity contribution in [2.75, 3.05) is 6.54 Å². The molecule has 22 heavy (non-hydrogen) atoms. The van der Waals surface area contributed by atoms with E-state index in [2.05, 4.69) is 14.8 Å². The zero-order chi connectivity index (χ0) is 16.2. The maximum atomic E-state index is 12.2. The molecule has 1 heterocycles. The predicted octanol–water partition coefficient (Wildman–Crippen LogP) is 0.424. The Morgan fingerprint density at radius 2 is 2.09 bits per heavy atom. The summed E-state index contributed by atoms with van der Waals surface area (Å²) in [5, 5.41) is 13.1. The number of nitrogens with one attached hydrogen (secondary N) is 1. The first-order chi connectivity index (χ1) is 10.4. The van der Waals surface area contributed by atoms with Gasteiger partial charge in [-0.15, -0.1) is 0 Å². The van der Waals surface area contributed by atoms with Gasteiger partial charge in [0, 0.05) is 20.0 Å². The molecule has 0 fully saturated rings. The van der Waals surface area contributed by atoms with E-state index in [1.807, 2.05) is 0 Å². The Balaban J connectivity index is 1.98. The number of hydrogen-bond donors (Lipinski definition) is 2. The fraction of sp³-hybridized carbons (Fsp3) is 0.308. The van der Waals surface area contributed by atoms with E-state index in [1.165, 1.54) is 24.3 Å². The van der Waals surface area contributed by atoms with Gasteiger partial charge in [-0.05, 0) is 18.6 Å². The maximum Gasteiger partial charge on any atom is 0.337 e. The number of rotatable bonds is 7. The third kappa shape index (κ3) is 3.89. The third-order valence-corrected chi connectivity index (χ3v) is 4.44. The van der Waals surface area contributed by atoms with Crippen LogP contribution in [0.25, 0.3) is 0 Å². The largest absolute Gasteiger partial charge is 0.478 e. The van der Waals surface area contributed by atoms with Crippen LogP contribution in [0, 0.1) is 0 Å². The van der Waals surface area contributed by atoms with E-state index >= 15 is 0 Å². The summed E-state index contributed by atoms with van der Waals surface area (Å²) in [4.78, 5) is 14.9. The highest BCUT2D eigenvalue weighted by molar-refractivity contribution is 7.89. The van der Waals surface area contributed by atoms with Crippen LogP contribution < -0.4 is 4.72 Å². The molecule has 1 aromatic heterocycles. The van der Waals surface area contributed by atoms with Crippen LogP contribution in [0.15, 0.2) is 35.5 Å². The van der Waals surface area contributed by atoms with Crippen LogP contribution in [0.2, 0.25) is 0 Å². The number of nitrogens with zero attached hydrogens (tertiary/aromatic N) is 3. The van der Waals surface area contributed by atoms with Crippen LogP contribution in [0.4, 0.5) is 0 Å². The van der Waals surface area contributed by atoms with Gasteiger partial charge in [-0.25, -0.2) is 22.9 Å². The minimum atomic E-state index is -3.86. The van der Waals surface area contributed by atoms with Crippen molar-refractivity contribution in [1.29, 1.82) is 0 Å². The zero-order valence-corrected chi connectivity index (χ0v) is 12.7. The molecule has 8 nitrogen and oxygen atoms in total. The van der Waals surface area contributed by atoms with Crippen LogP contribution in [0.1, 0.15) is 22.6 Å². The lowest BCUT2D eigenvalue weighted by atomic mass is 10.2. The van der Waals surface area contributed by atoms with E-state index in [4.69, 9.17) is 5.11 Å². The number of sulfonamides is 1. The molecule has 0 aliphatic heterocycles. The molecule has 9 heteroatoms. The molecule has 0 saturated heterocycles. The normalized spacial score (nSPS) is 11.5. The topological polar surface area (TPSA) is 114 Å².